The molecule has 1 aliphatic rings. The topological polar surface area (TPSA) is 65.0 Å². The molecule has 0 radical (unpaired) electrons. The number of carbonyl (C=O) groups excluding carboxylic acids is 1. The summed E-state index contributed by atoms with van der Waals surface area (Å²) in [6.45, 7) is 4.16. The molecule has 0 spiro atoms. The van der Waals surface area contributed by atoms with Gasteiger partial charge >= 0.3 is 6.03 Å². The van der Waals surface area contributed by atoms with Crippen LogP contribution in [0.4, 0.5) is 4.79 Å². The molecule has 1 rings (SSSR count). The van der Waals surface area contributed by atoms with Gasteiger partial charge in [0, 0.05) is 39.8 Å². The van der Waals surface area contributed by atoms with Gasteiger partial charge in [-0.05, 0) is 0 Å². The van der Waals surface area contributed by atoms with Gasteiger partial charge in [0.2, 0.25) is 0 Å². The number of hydrogen-bond acceptors (Lipinski definition) is 4. The number of rotatable bonds is 4. The predicted molar refractivity (Wildman–Crippen MR) is 55.5 cm³/mol. The SMILES string of the molecule is COCNC(=O)N1CCN(CCO)CC1. The van der Waals surface area contributed by atoms with Crippen LogP contribution < -0.4 is 5.32 Å². The van der Waals surface area contributed by atoms with E-state index < -0.39 is 0 Å². The minimum absolute atomic E-state index is 0.0829. The third kappa shape index (κ3) is 4.03. The summed E-state index contributed by atoms with van der Waals surface area (Å²) in [6.07, 6.45) is 0. The first-order valence-electron chi connectivity index (χ1n) is 5.13. The van der Waals surface area contributed by atoms with Gasteiger partial charge in [0.25, 0.3) is 0 Å². The summed E-state index contributed by atoms with van der Waals surface area (Å²) in [7, 11) is 1.54. The molecule has 88 valence electrons. The van der Waals surface area contributed by atoms with E-state index in [1.807, 2.05) is 0 Å². The third-order valence-electron chi connectivity index (χ3n) is 2.44. The first-order chi connectivity index (χ1) is 7.27. The van der Waals surface area contributed by atoms with E-state index in [0.717, 1.165) is 13.1 Å². The van der Waals surface area contributed by atoms with Crippen molar-refractivity contribution >= 4 is 6.03 Å². The number of urea groups is 1. The highest BCUT2D eigenvalue weighted by Crippen LogP contribution is 2.00. The summed E-state index contributed by atoms with van der Waals surface area (Å²) in [5.41, 5.74) is 0. The number of hydrogen-bond donors (Lipinski definition) is 2. The fraction of sp³-hybridized carbons (Fsp3) is 0.889. The van der Waals surface area contributed by atoms with Gasteiger partial charge in [-0.3, -0.25) is 4.90 Å². The van der Waals surface area contributed by atoms with Crippen molar-refractivity contribution in [1.82, 2.24) is 15.1 Å². The van der Waals surface area contributed by atoms with Crippen LogP contribution in [-0.2, 0) is 4.74 Å². The molecule has 0 aromatic heterocycles. The summed E-state index contributed by atoms with van der Waals surface area (Å²) in [5, 5.41) is 11.4. The maximum absolute atomic E-state index is 11.5. The van der Waals surface area contributed by atoms with Gasteiger partial charge in [-0.15, -0.1) is 0 Å². The lowest BCUT2D eigenvalue weighted by Crippen LogP contribution is -2.52. The number of aliphatic hydroxyl groups is 1. The summed E-state index contributed by atoms with van der Waals surface area (Å²) < 4.78 is 4.76. The van der Waals surface area contributed by atoms with E-state index in [0.29, 0.717) is 19.6 Å². The van der Waals surface area contributed by atoms with Crippen LogP contribution in [0.5, 0.6) is 0 Å². The molecule has 0 saturated carbocycles. The molecular weight excluding hydrogens is 198 g/mol. The zero-order valence-electron chi connectivity index (χ0n) is 9.11. The Kier molecular flexibility index (Phi) is 5.38. The van der Waals surface area contributed by atoms with Gasteiger partial charge in [0.1, 0.15) is 6.73 Å². The maximum atomic E-state index is 11.5. The number of nitrogens with zero attached hydrogens (tertiary/aromatic N) is 2. The lowest BCUT2D eigenvalue weighted by Gasteiger charge is -2.34. The Morgan fingerprint density at radius 3 is 2.60 bits per heavy atom. The zero-order valence-corrected chi connectivity index (χ0v) is 9.11. The molecule has 1 aliphatic heterocycles. The average molecular weight is 217 g/mol. The predicted octanol–water partition coefficient (Wildman–Crippen LogP) is -1.09. The molecule has 2 N–H and O–H groups in total. The first-order valence-corrected chi connectivity index (χ1v) is 5.13. The van der Waals surface area contributed by atoms with Crippen molar-refractivity contribution in [1.29, 1.82) is 0 Å². The highest BCUT2D eigenvalue weighted by atomic mass is 16.5. The molecule has 6 nitrogen and oxygen atoms in total. The summed E-state index contributed by atoms with van der Waals surface area (Å²) in [5.74, 6) is 0. The van der Waals surface area contributed by atoms with Crippen LogP contribution in [0.15, 0.2) is 0 Å². The largest absolute Gasteiger partial charge is 0.395 e. The molecule has 6 heteroatoms. The van der Waals surface area contributed by atoms with E-state index in [1.54, 1.807) is 12.0 Å². The normalized spacial score (nSPS) is 17.9. The van der Waals surface area contributed by atoms with E-state index in [-0.39, 0.29) is 19.4 Å². The Balaban J connectivity index is 2.21. The number of piperazine rings is 1. The second kappa shape index (κ2) is 6.60. The number of nitrogens with one attached hydrogen (secondary N) is 1. The monoisotopic (exact) mass is 217 g/mol. The molecule has 1 heterocycles. The standard InChI is InChI=1S/C9H19N3O3/c1-15-8-10-9(14)12-4-2-11(3-5-12)6-7-13/h13H,2-8H2,1H3,(H,10,14). The third-order valence-corrected chi connectivity index (χ3v) is 2.44. The molecule has 0 aliphatic carbocycles. The van der Waals surface area contributed by atoms with Crippen molar-refractivity contribution in [2.24, 2.45) is 0 Å². The Labute approximate surface area is 89.8 Å². The van der Waals surface area contributed by atoms with Crippen LogP contribution in [0.2, 0.25) is 0 Å². The molecular formula is C9H19N3O3. The molecule has 0 aromatic carbocycles. The highest BCUT2D eigenvalue weighted by Gasteiger charge is 2.19. The number of carbonyl (C=O) groups is 1. The smallest absolute Gasteiger partial charge is 0.319 e. The minimum Gasteiger partial charge on any atom is -0.395 e. The van der Waals surface area contributed by atoms with Crippen LogP contribution in [0.3, 0.4) is 0 Å². The minimum atomic E-state index is -0.0829. The number of β-amino-alcohol motifs (C(OH)–C–C–N with tert-alkyl or cyclic N) is 1. The van der Waals surface area contributed by atoms with Crippen molar-refractivity contribution in [2.45, 2.75) is 0 Å². The van der Waals surface area contributed by atoms with Gasteiger partial charge < -0.3 is 20.1 Å². The van der Waals surface area contributed by atoms with Crippen molar-refractivity contribution in [3.63, 3.8) is 0 Å². The van der Waals surface area contributed by atoms with Gasteiger partial charge in [-0.1, -0.05) is 0 Å². The molecule has 0 bridgehead atoms. The van der Waals surface area contributed by atoms with Gasteiger partial charge in [0.15, 0.2) is 0 Å². The summed E-state index contributed by atoms with van der Waals surface area (Å²) >= 11 is 0. The molecule has 15 heavy (non-hydrogen) atoms. The van der Waals surface area contributed by atoms with E-state index >= 15 is 0 Å². The number of methoxy groups -OCH3 is 1. The van der Waals surface area contributed by atoms with E-state index in [4.69, 9.17) is 9.84 Å². The lowest BCUT2D eigenvalue weighted by molar-refractivity contribution is 0.112. The number of aliphatic hydroxyl groups excluding tert-OH is 1. The van der Waals surface area contributed by atoms with Crippen molar-refractivity contribution in [3.8, 4) is 0 Å². The number of ether oxygens (including phenoxy) is 1. The van der Waals surface area contributed by atoms with Crippen molar-refractivity contribution < 1.29 is 14.6 Å². The van der Waals surface area contributed by atoms with Crippen LogP contribution >= 0.6 is 0 Å². The quantitative estimate of drug-likeness (QED) is 0.587. The van der Waals surface area contributed by atoms with Crippen LogP contribution in [0.25, 0.3) is 0 Å². The molecule has 0 atom stereocenters. The Morgan fingerprint density at radius 2 is 2.07 bits per heavy atom. The van der Waals surface area contributed by atoms with Gasteiger partial charge in [-0.2, -0.15) is 0 Å². The maximum Gasteiger partial charge on any atom is 0.319 e. The molecule has 1 saturated heterocycles. The van der Waals surface area contributed by atoms with E-state index in [1.165, 1.54) is 0 Å². The highest BCUT2D eigenvalue weighted by molar-refractivity contribution is 5.74. The fourth-order valence-electron chi connectivity index (χ4n) is 1.56. The molecule has 0 aromatic rings. The van der Waals surface area contributed by atoms with Crippen LogP contribution in [0, 0.1) is 0 Å². The summed E-state index contributed by atoms with van der Waals surface area (Å²) in [4.78, 5) is 15.4. The van der Waals surface area contributed by atoms with Crippen molar-refractivity contribution in [3.05, 3.63) is 0 Å². The van der Waals surface area contributed by atoms with Crippen LogP contribution in [0.1, 0.15) is 0 Å². The van der Waals surface area contributed by atoms with Crippen molar-refractivity contribution in [2.75, 3.05) is 53.2 Å². The number of amides is 2. The molecule has 1 fully saturated rings. The first kappa shape index (κ1) is 12.2. The molecule has 0 unspecified atom stereocenters. The summed E-state index contributed by atoms with van der Waals surface area (Å²) in [6, 6.07) is -0.0829. The second-order valence-corrected chi connectivity index (χ2v) is 3.47. The van der Waals surface area contributed by atoms with Crippen LogP contribution in [-0.4, -0.2) is 74.1 Å². The van der Waals surface area contributed by atoms with E-state index in [2.05, 4.69) is 10.2 Å². The molecule has 2 amide bonds. The zero-order chi connectivity index (χ0) is 11.1. The van der Waals surface area contributed by atoms with Gasteiger partial charge in [-0.25, -0.2) is 4.79 Å². The Hall–Kier alpha value is -0.850. The Bertz CT molecular complexity index is 193. The van der Waals surface area contributed by atoms with Gasteiger partial charge in [0.05, 0.1) is 6.61 Å². The average Bonchev–Trinajstić information content (AvgIpc) is 2.27. The Morgan fingerprint density at radius 1 is 1.40 bits per heavy atom. The fourth-order valence-corrected chi connectivity index (χ4v) is 1.56. The van der Waals surface area contributed by atoms with E-state index in [9.17, 15) is 4.79 Å². The second-order valence-electron chi connectivity index (χ2n) is 3.47. The lowest BCUT2D eigenvalue weighted by atomic mass is 10.3.